The van der Waals surface area contributed by atoms with Crippen molar-refractivity contribution in [2.45, 2.75) is 150 Å². The van der Waals surface area contributed by atoms with E-state index in [1.807, 2.05) is 74.5 Å². The quantitative estimate of drug-likeness (QED) is 0.0222. The SMILES string of the molecule is C.C.CC(C)(C)OC(=O)N1CC(Oc2ccc(C#N)c(Cl)c2)C1.CC(C)(C)OC(=O)N1CC(Oc2ccc(C(N)=O)c(Cl)c2)C1.CC1CN(C(=O)OC(C)(C)C)C1.N#Cc1ccc(O)cc1Cl.NC(=O)c1ccc(OC2CN(C(=O)N3N=CC[C@H]3c3cc(F)cc(F)c3)C2)cc1Cl.NC(=O)c1ccc(OC2CNC2)cc1Cl.O=C(N1N=CC[C@H]1c1cc(F)cc(F)c1)n1ccnc1.O=CO[O-].[Cs+].[Cs+].[H-]. The predicted molar refractivity (Wildman–Crippen MR) is 497 cm³/mol. The number of amides is 9. The molecule has 2 atom stereocenters. The number of ether oxygens (including phenoxy) is 7. The van der Waals surface area contributed by atoms with Crippen LogP contribution in [0.15, 0.2) is 156 Å². The molecule has 7 aliphatic heterocycles. The first-order valence-corrected chi connectivity index (χ1v) is 42.8. The molecule has 0 aliphatic carbocycles. The number of nitrogens with two attached hydrogens (primary N) is 3. The summed E-state index contributed by atoms with van der Waals surface area (Å²) < 4.78 is 93.4. The van der Waals surface area contributed by atoms with Crippen molar-refractivity contribution in [1.29, 1.82) is 10.5 Å². The van der Waals surface area contributed by atoms with Crippen LogP contribution in [0.4, 0.5) is 41.5 Å². The molecule has 5 saturated heterocycles. The standard InChI is InChI=1S/C20H17ClF2N4O3.C15H19ClN2O4.C15H17ClN2O3.C13H10F2N4O.C10H11ClN2O2.C9H17NO2.C7H4ClNO.CH2O3.2CH4.2Cs.H/c21-17-8-14(1-2-16(17)19(24)28)30-15-9-26(10-15)20(29)27-18(3-4-25-27)11-5-12(22)7-13(23)6-11;1-15(2,3)22-14(20)18-7-10(8-18)21-9-4-5-11(13(17)19)12(16)6-9;1-15(2,3)21-14(19)18-8-12(9-18)20-11-5-4-10(7-17)13(16)6-11;14-10-5-9(6-11(15)7-10)12-1-2-17-19(12)13(20)18-4-3-16-8-18;11-9-3-6(15-7-4-13-5-7)1-2-8(9)10(12)14;1-7-5-10(6-7)8(11)12-9(2,3)4;8-7-3-6(10)2-1-5(7)4-9;2-1-4-3;;;;;/h1-2,4-8,15,18H,3,9-10H2,(H2,24,28);4-6,10H,7-8H2,1-3H3,(H2,17,19);4-6,12H,8-9H2,1-3H3;2-8,12H,1H2;1-3,7,13H,4-5H2,(H2,12,14);7H,5-6H2,1-4H3;1-3,10H;1,3H;2*1H4;;;/q;;;;;;;;;;2*+1;-1/p-1/t18-;;;12-;;;;;;;;;/m0..0........./s1. The Kier molecular flexibility index (Phi) is 49.4. The van der Waals surface area contributed by atoms with Crippen molar-refractivity contribution >= 4 is 125 Å². The third kappa shape index (κ3) is 38.3. The first-order chi connectivity index (χ1) is 63.1. The van der Waals surface area contributed by atoms with Gasteiger partial charge in [0.25, 0.3) is 6.47 Å². The molecular weight excluding hydrogens is 2150 g/mol. The molecule has 5 fully saturated rings. The summed E-state index contributed by atoms with van der Waals surface area (Å²) >= 11 is 29.3. The third-order valence-electron chi connectivity index (χ3n) is 18.9. The van der Waals surface area contributed by atoms with Crippen molar-refractivity contribution in [1.82, 2.24) is 44.5 Å². The molecule has 35 nitrogen and oxygen atoms in total. The number of phenolic OH excluding ortho intramolecular Hbond substituents is 1. The van der Waals surface area contributed by atoms with E-state index in [0.29, 0.717) is 119 Å². The number of hydrogen-bond donors (Lipinski definition) is 5. The van der Waals surface area contributed by atoms with E-state index in [-0.39, 0.29) is 247 Å². The number of imidazole rings is 1. The predicted octanol–water partition coefficient (Wildman–Crippen LogP) is 9.95. The van der Waals surface area contributed by atoms with Crippen LogP contribution in [-0.4, -0.2) is 218 Å². The summed E-state index contributed by atoms with van der Waals surface area (Å²) in [5.74, 6) is -1.57. The molecule has 8 aromatic rings. The number of aromatic nitrogens is 2. The molecule has 0 saturated carbocycles. The van der Waals surface area contributed by atoms with Gasteiger partial charge in [-0.3, -0.25) is 23.7 Å². The van der Waals surface area contributed by atoms with Gasteiger partial charge in [-0.25, -0.2) is 56.5 Å². The summed E-state index contributed by atoms with van der Waals surface area (Å²) in [5.41, 5.74) is 16.4. The topological polar surface area (TPSA) is 470 Å². The van der Waals surface area contributed by atoms with E-state index < -0.39 is 70.3 Å². The van der Waals surface area contributed by atoms with Crippen LogP contribution >= 0.6 is 58.0 Å². The van der Waals surface area contributed by atoms with Gasteiger partial charge in [0, 0.05) is 82.0 Å². The Balaban J connectivity index is 0.000000421. The summed E-state index contributed by atoms with van der Waals surface area (Å²) in [6, 6.07) is 31.6. The van der Waals surface area contributed by atoms with Crippen LogP contribution in [0.2, 0.25) is 25.1 Å². The fraction of sp³-hybridized carbons (Fsp3) is 0.370. The maximum atomic E-state index is 13.6. The number of hydrogen-bond acceptors (Lipinski definition) is 25. The van der Waals surface area contributed by atoms with E-state index in [0.717, 1.165) is 38.3 Å². The van der Waals surface area contributed by atoms with Crippen molar-refractivity contribution in [3.63, 3.8) is 0 Å². The smallest absolute Gasteiger partial charge is 1.00 e. The number of phenols is 1. The summed E-state index contributed by atoms with van der Waals surface area (Å²) in [4.78, 5) is 115. The number of rotatable bonds is 14. The molecule has 7 aromatic carbocycles. The molecule has 15 rings (SSSR count). The number of urea groups is 1. The fourth-order valence-electron chi connectivity index (χ4n) is 12.4. The molecule has 0 radical (unpaired) electrons. The number of nitrogens with zero attached hydrogens (tertiary/aromatic N) is 12. The van der Waals surface area contributed by atoms with Gasteiger partial charge in [-0.2, -0.15) is 20.7 Å². The van der Waals surface area contributed by atoms with E-state index in [4.69, 9.17) is 134 Å². The van der Waals surface area contributed by atoms with Crippen LogP contribution in [0.3, 0.4) is 0 Å². The molecule has 138 heavy (non-hydrogen) atoms. The van der Waals surface area contributed by atoms with Gasteiger partial charge in [0.05, 0.1) is 104 Å². The number of nitrogens with one attached hydrogen (secondary N) is 1. The number of aromatic hydroxyl groups is 1. The van der Waals surface area contributed by atoms with Crippen LogP contribution in [-0.2, 0) is 23.9 Å². The van der Waals surface area contributed by atoms with Gasteiger partial charge in [0.15, 0.2) is 0 Å². The Labute approximate surface area is 939 Å². The van der Waals surface area contributed by atoms with Crippen molar-refractivity contribution in [3.8, 4) is 40.9 Å². The Morgan fingerprint density at radius 1 is 0.486 bits per heavy atom. The number of hydrazone groups is 2. The molecule has 9 amide bonds. The molecular formula is C92H105Cl5Cs2F4N16O19. The number of primary amides is 3. The summed E-state index contributed by atoms with van der Waals surface area (Å²) in [6.45, 7) is 24.4. The average molecular weight is 2260 g/mol. The Bertz CT molecular complexity index is 5640. The zero-order chi connectivity index (χ0) is 98.8. The normalized spacial score (nSPS) is 15.4. The van der Waals surface area contributed by atoms with Crippen molar-refractivity contribution in [2.24, 2.45) is 33.3 Å². The van der Waals surface area contributed by atoms with E-state index in [1.165, 1.54) is 105 Å². The Hall–Kier alpha value is -9.31. The van der Waals surface area contributed by atoms with Crippen molar-refractivity contribution < 1.29 is 248 Å². The maximum Gasteiger partial charge on any atom is 1.00 e. The largest absolute Gasteiger partial charge is 1.00 e. The molecule has 732 valence electrons. The zero-order valence-electron chi connectivity index (χ0n) is 76.9. The third-order valence-corrected chi connectivity index (χ3v) is 20.5. The van der Waals surface area contributed by atoms with Gasteiger partial charge in [0.1, 0.15) is 112 Å². The van der Waals surface area contributed by atoms with E-state index >= 15 is 0 Å². The molecule has 8 heterocycles. The maximum absolute atomic E-state index is 13.6. The minimum absolute atomic E-state index is 0. The molecule has 0 bridgehead atoms. The van der Waals surface area contributed by atoms with Crippen LogP contribution in [0.25, 0.3) is 0 Å². The molecule has 46 heteroatoms. The summed E-state index contributed by atoms with van der Waals surface area (Å²) in [6.07, 6.45) is 7.02. The molecule has 8 N–H and O–H groups in total. The number of nitriles is 2. The molecule has 7 aliphatic rings. The van der Waals surface area contributed by atoms with Crippen LogP contribution in [0, 0.1) is 51.8 Å². The van der Waals surface area contributed by atoms with Crippen LogP contribution in [0.1, 0.15) is 164 Å². The van der Waals surface area contributed by atoms with E-state index in [1.54, 1.807) is 75.7 Å². The first-order valence-electron chi connectivity index (χ1n) is 40.9. The van der Waals surface area contributed by atoms with Crippen molar-refractivity contribution in [3.05, 3.63) is 233 Å². The monoisotopic (exact) mass is 2250 g/mol. The van der Waals surface area contributed by atoms with Crippen LogP contribution < -0.4 is 185 Å². The second-order valence-electron chi connectivity index (χ2n) is 33.3. The van der Waals surface area contributed by atoms with Gasteiger partial charge < -0.3 is 92.0 Å². The number of carbonyl (C=O) groups excluding carboxylic acids is 9. The van der Waals surface area contributed by atoms with Gasteiger partial charge in [-0.15, -0.1) is 0 Å². The molecule has 1 aromatic heterocycles. The zero-order valence-corrected chi connectivity index (χ0v) is 92.3. The summed E-state index contributed by atoms with van der Waals surface area (Å²) in [5, 5.41) is 49.4. The Morgan fingerprint density at radius 2 is 0.804 bits per heavy atom. The minimum Gasteiger partial charge on any atom is -1.00 e. The van der Waals surface area contributed by atoms with Gasteiger partial charge in [-0.05, 0) is 189 Å². The van der Waals surface area contributed by atoms with E-state index in [2.05, 4.69) is 32.3 Å². The second-order valence-corrected chi connectivity index (χ2v) is 35.3. The van der Waals surface area contributed by atoms with Gasteiger partial charge in [0.2, 0.25) is 17.7 Å². The Morgan fingerprint density at radius 3 is 1.09 bits per heavy atom. The molecule has 0 unspecified atom stereocenters. The van der Waals surface area contributed by atoms with Crippen LogP contribution in [0.5, 0.6) is 28.7 Å². The number of likely N-dealkylation sites (tertiary alicyclic amines) is 4. The molecule has 0 spiro atoms. The van der Waals surface area contributed by atoms with E-state index in [9.17, 15) is 55.9 Å². The summed E-state index contributed by atoms with van der Waals surface area (Å²) in [7, 11) is 0. The number of carbonyl (C=O) groups is 9. The first kappa shape index (κ1) is 121. The second kappa shape index (κ2) is 56.4. The minimum atomic E-state index is -0.706. The number of benzene rings is 7. The number of halogens is 9. The fourth-order valence-corrected chi connectivity index (χ4v) is 13.6. The van der Waals surface area contributed by atoms with Crippen molar-refractivity contribution in [2.75, 3.05) is 65.4 Å². The van der Waals surface area contributed by atoms with Gasteiger partial charge in [-0.1, -0.05) is 79.8 Å². The van der Waals surface area contributed by atoms with Gasteiger partial charge >= 0.3 is 168 Å². The average Bonchev–Trinajstić information content (AvgIpc) is 1.75.